The number of aryl methyl sites for hydroxylation is 1. The molecule has 0 aromatic carbocycles. The van der Waals surface area contributed by atoms with Crippen molar-refractivity contribution in [2.75, 3.05) is 6.54 Å². The minimum Gasteiger partial charge on any atom is -0.312 e. The van der Waals surface area contributed by atoms with E-state index in [9.17, 15) is 8.42 Å². The third kappa shape index (κ3) is 3.33. The summed E-state index contributed by atoms with van der Waals surface area (Å²) in [5, 5.41) is 5.20. The van der Waals surface area contributed by atoms with Crippen LogP contribution in [0.5, 0.6) is 0 Å². The first-order chi connectivity index (χ1) is 9.89. The van der Waals surface area contributed by atoms with Crippen molar-refractivity contribution in [1.29, 1.82) is 0 Å². The van der Waals surface area contributed by atoms with Crippen LogP contribution >= 0.6 is 11.3 Å². The molecule has 1 N–H and O–H groups in total. The van der Waals surface area contributed by atoms with E-state index in [2.05, 4.69) is 5.32 Å². The van der Waals surface area contributed by atoms with Crippen LogP contribution in [0.1, 0.15) is 50.5 Å². The topological polar surface area (TPSA) is 49.4 Å². The highest BCUT2D eigenvalue weighted by atomic mass is 32.2. The Kier molecular flexibility index (Phi) is 5.46. The monoisotopic (exact) mass is 330 g/mol. The molecule has 0 radical (unpaired) electrons. The lowest BCUT2D eigenvalue weighted by atomic mass is 10.0. The number of thiophene rings is 1. The molecule has 1 saturated heterocycles. The van der Waals surface area contributed by atoms with Crippen molar-refractivity contribution in [2.45, 2.75) is 70.5 Å². The van der Waals surface area contributed by atoms with Gasteiger partial charge in [0.2, 0.25) is 10.0 Å². The summed E-state index contributed by atoms with van der Waals surface area (Å²) < 4.78 is 28.1. The van der Waals surface area contributed by atoms with Gasteiger partial charge in [0, 0.05) is 23.5 Å². The fourth-order valence-corrected chi connectivity index (χ4v) is 6.79. The Hall–Kier alpha value is -0.430. The molecule has 0 spiro atoms. The molecule has 2 atom stereocenters. The summed E-state index contributed by atoms with van der Waals surface area (Å²) in [5.74, 6) is 0. The van der Waals surface area contributed by atoms with Crippen LogP contribution in [0.2, 0.25) is 0 Å². The number of hydrogen-bond acceptors (Lipinski definition) is 4. The lowest BCUT2D eigenvalue weighted by molar-refractivity contribution is 0.204. The van der Waals surface area contributed by atoms with Crippen molar-refractivity contribution in [2.24, 2.45) is 0 Å². The quantitative estimate of drug-likeness (QED) is 0.902. The molecule has 4 nitrogen and oxygen atoms in total. The predicted molar refractivity (Wildman–Crippen MR) is 88.2 cm³/mol. The van der Waals surface area contributed by atoms with Crippen molar-refractivity contribution >= 4 is 21.4 Å². The van der Waals surface area contributed by atoms with Gasteiger partial charge in [0.1, 0.15) is 4.90 Å². The smallest absolute Gasteiger partial charge is 0.244 e. The Morgan fingerprint density at radius 2 is 1.95 bits per heavy atom. The number of rotatable bonds is 5. The minimum atomic E-state index is -3.41. The van der Waals surface area contributed by atoms with E-state index in [1.54, 1.807) is 15.6 Å². The van der Waals surface area contributed by atoms with Crippen molar-refractivity contribution in [3.05, 3.63) is 15.8 Å². The van der Waals surface area contributed by atoms with Crippen LogP contribution in [0.3, 0.4) is 0 Å². The minimum absolute atomic E-state index is 0.0880. The fraction of sp³-hybridized carbons (Fsp3) is 0.733. The average Bonchev–Trinajstić information content (AvgIpc) is 2.77. The molecular formula is C15H26N2O2S2. The first-order valence-electron chi connectivity index (χ1n) is 7.70. The maximum Gasteiger partial charge on any atom is 0.244 e. The van der Waals surface area contributed by atoms with Gasteiger partial charge >= 0.3 is 0 Å². The first kappa shape index (κ1) is 16.9. The van der Waals surface area contributed by atoms with Gasteiger partial charge in [-0.25, -0.2) is 8.42 Å². The molecule has 21 heavy (non-hydrogen) atoms. The zero-order valence-electron chi connectivity index (χ0n) is 13.3. The number of nitrogens with zero attached hydrogens (tertiary/aromatic N) is 1. The Labute approximate surface area is 132 Å². The summed E-state index contributed by atoms with van der Waals surface area (Å²) in [6, 6.07) is 0.176. The molecule has 1 aliphatic heterocycles. The molecule has 0 bridgehead atoms. The second-order valence-electron chi connectivity index (χ2n) is 5.92. The van der Waals surface area contributed by atoms with Gasteiger partial charge in [-0.1, -0.05) is 13.3 Å². The molecular weight excluding hydrogens is 304 g/mol. The molecule has 1 aromatic heterocycles. The van der Waals surface area contributed by atoms with E-state index < -0.39 is 10.0 Å². The Morgan fingerprint density at radius 3 is 2.52 bits per heavy atom. The standard InChI is InChI=1S/C15H26N2O2S2/c1-5-16-9-14-15(11(2)10-20-14)21(18,19)17-12(3)7-6-8-13(17)4/h10,12-13,16H,5-9H2,1-4H3. The normalized spacial score (nSPS) is 24.4. The summed E-state index contributed by atoms with van der Waals surface area (Å²) in [6.45, 7) is 9.45. The van der Waals surface area contributed by atoms with Gasteiger partial charge in [0.05, 0.1) is 0 Å². The van der Waals surface area contributed by atoms with Crippen molar-refractivity contribution < 1.29 is 8.42 Å². The second-order valence-corrected chi connectivity index (χ2v) is 8.66. The lowest BCUT2D eigenvalue weighted by Crippen LogP contribution is -2.47. The van der Waals surface area contributed by atoms with Crippen LogP contribution in [0, 0.1) is 6.92 Å². The van der Waals surface area contributed by atoms with Crippen molar-refractivity contribution in [3.8, 4) is 0 Å². The molecule has 2 rings (SSSR count). The molecule has 0 amide bonds. The molecule has 2 heterocycles. The highest BCUT2D eigenvalue weighted by Gasteiger charge is 2.38. The summed E-state index contributed by atoms with van der Waals surface area (Å²) in [6.07, 6.45) is 3.02. The van der Waals surface area contributed by atoms with Gasteiger partial charge in [-0.2, -0.15) is 4.31 Å². The van der Waals surface area contributed by atoms with E-state index in [4.69, 9.17) is 0 Å². The van der Waals surface area contributed by atoms with Crippen LogP contribution in [-0.2, 0) is 16.6 Å². The third-order valence-corrected chi connectivity index (χ3v) is 7.77. The maximum atomic E-state index is 13.2. The second kappa shape index (κ2) is 6.77. The SMILES string of the molecule is CCNCc1scc(C)c1S(=O)(=O)N1C(C)CCCC1C. The van der Waals surface area contributed by atoms with Gasteiger partial charge in [-0.05, 0) is 51.1 Å². The molecule has 0 aliphatic carbocycles. The molecule has 120 valence electrons. The Morgan fingerprint density at radius 1 is 1.33 bits per heavy atom. The zero-order valence-corrected chi connectivity index (χ0v) is 15.0. The van der Waals surface area contributed by atoms with Crippen molar-refractivity contribution in [3.63, 3.8) is 0 Å². The summed E-state index contributed by atoms with van der Waals surface area (Å²) >= 11 is 1.54. The number of piperidine rings is 1. The molecule has 1 fully saturated rings. The number of nitrogens with one attached hydrogen (secondary N) is 1. The zero-order chi connectivity index (χ0) is 15.6. The first-order valence-corrected chi connectivity index (χ1v) is 10.0. The van der Waals surface area contributed by atoms with E-state index in [-0.39, 0.29) is 12.1 Å². The van der Waals surface area contributed by atoms with Crippen LogP contribution in [0.4, 0.5) is 0 Å². The predicted octanol–water partition coefficient (Wildman–Crippen LogP) is 3.12. The maximum absolute atomic E-state index is 13.2. The van der Waals surface area contributed by atoms with Gasteiger partial charge < -0.3 is 5.32 Å². The number of hydrogen-bond donors (Lipinski definition) is 1. The largest absolute Gasteiger partial charge is 0.312 e. The molecule has 6 heteroatoms. The van der Waals surface area contributed by atoms with Crippen LogP contribution in [0.15, 0.2) is 10.3 Å². The molecule has 1 aromatic rings. The number of sulfonamides is 1. The molecule has 0 saturated carbocycles. The van der Waals surface area contributed by atoms with Gasteiger partial charge in [-0.3, -0.25) is 0 Å². The average molecular weight is 331 g/mol. The third-order valence-electron chi connectivity index (χ3n) is 4.17. The summed E-state index contributed by atoms with van der Waals surface area (Å²) in [7, 11) is -3.41. The lowest BCUT2D eigenvalue weighted by Gasteiger charge is -2.38. The molecule has 2 unspecified atom stereocenters. The summed E-state index contributed by atoms with van der Waals surface area (Å²) in [5.41, 5.74) is 0.873. The van der Waals surface area contributed by atoms with Gasteiger partial charge in [-0.15, -0.1) is 11.3 Å². The summed E-state index contributed by atoms with van der Waals surface area (Å²) in [4.78, 5) is 1.47. The van der Waals surface area contributed by atoms with Crippen LogP contribution < -0.4 is 5.32 Å². The van der Waals surface area contributed by atoms with Crippen LogP contribution in [-0.4, -0.2) is 31.4 Å². The van der Waals surface area contributed by atoms with Gasteiger partial charge in [0.15, 0.2) is 0 Å². The van der Waals surface area contributed by atoms with E-state index in [1.165, 1.54) is 0 Å². The van der Waals surface area contributed by atoms with Crippen molar-refractivity contribution in [1.82, 2.24) is 9.62 Å². The Balaban J connectivity index is 2.41. The molecule has 1 aliphatic rings. The van der Waals surface area contributed by atoms with E-state index >= 15 is 0 Å². The highest BCUT2D eigenvalue weighted by molar-refractivity contribution is 7.89. The van der Waals surface area contributed by atoms with E-state index in [0.717, 1.165) is 36.2 Å². The van der Waals surface area contributed by atoms with E-state index in [1.807, 2.05) is 33.1 Å². The fourth-order valence-electron chi connectivity index (χ4n) is 3.17. The van der Waals surface area contributed by atoms with Gasteiger partial charge in [0.25, 0.3) is 0 Å². The highest BCUT2D eigenvalue weighted by Crippen LogP contribution is 2.34. The van der Waals surface area contributed by atoms with Crippen LogP contribution in [0.25, 0.3) is 0 Å². The van der Waals surface area contributed by atoms with E-state index in [0.29, 0.717) is 11.4 Å². The Bertz CT molecular complexity index is 570.